The standard InChI is InChI=1S/C16H21N3O2S2/c1-10-11(2)23-14-13(10)15(21)18(3)16(17-14)22-9-5-8-19-7-4-6-12(19)20/h4-9H2,1-3H3. The number of amides is 1. The van der Waals surface area contributed by atoms with Crippen LogP contribution in [0.2, 0.25) is 0 Å². The molecular formula is C16H21N3O2S2. The number of fused-ring (bicyclic) bond motifs is 1. The lowest BCUT2D eigenvalue weighted by molar-refractivity contribution is -0.127. The molecule has 124 valence electrons. The molecule has 0 unspecified atom stereocenters. The van der Waals surface area contributed by atoms with Crippen molar-refractivity contribution in [3.05, 3.63) is 20.8 Å². The highest BCUT2D eigenvalue weighted by molar-refractivity contribution is 7.99. The Morgan fingerprint density at radius 3 is 2.78 bits per heavy atom. The molecule has 2 aromatic heterocycles. The predicted molar refractivity (Wildman–Crippen MR) is 95.5 cm³/mol. The number of likely N-dealkylation sites (tertiary alicyclic amines) is 1. The third-order valence-electron chi connectivity index (χ3n) is 4.34. The Balaban J connectivity index is 1.69. The average Bonchev–Trinajstić information content (AvgIpc) is 3.04. The van der Waals surface area contributed by atoms with Gasteiger partial charge in [-0.15, -0.1) is 11.3 Å². The summed E-state index contributed by atoms with van der Waals surface area (Å²) in [4.78, 5) is 32.7. The Labute approximate surface area is 143 Å². The smallest absolute Gasteiger partial charge is 0.262 e. The molecule has 2 aromatic rings. The van der Waals surface area contributed by atoms with Crippen molar-refractivity contribution in [1.29, 1.82) is 0 Å². The van der Waals surface area contributed by atoms with Crippen LogP contribution in [0.5, 0.6) is 0 Å². The van der Waals surface area contributed by atoms with E-state index in [2.05, 4.69) is 4.98 Å². The largest absolute Gasteiger partial charge is 0.343 e. The minimum absolute atomic E-state index is 0.0362. The zero-order chi connectivity index (χ0) is 16.6. The van der Waals surface area contributed by atoms with E-state index in [1.165, 1.54) is 0 Å². The lowest BCUT2D eigenvalue weighted by atomic mass is 10.2. The monoisotopic (exact) mass is 351 g/mol. The van der Waals surface area contributed by atoms with Crippen LogP contribution in [0.25, 0.3) is 10.2 Å². The van der Waals surface area contributed by atoms with Gasteiger partial charge in [0.25, 0.3) is 5.56 Å². The van der Waals surface area contributed by atoms with Crippen molar-refractivity contribution in [2.45, 2.75) is 38.3 Å². The van der Waals surface area contributed by atoms with E-state index in [0.29, 0.717) is 6.42 Å². The van der Waals surface area contributed by atoms with Gasteiger partial charge in [-0.05, 0) is 32.3 Å². The molecule has 0 aromatic carbocycles. The fourth-order valence-corrected chi connectivity index (χ4v) is 4.81. The maximum Gasteiger partial charge on any atom is 0.262 e. The van der Waals surface area contributed by atoms with Gasteiger partial charge in [0.05, 0.1) is 5.39 Å². The van der Waals surface area contributed by atoms with Gasteiger partial charge >= 0.3 is 0 Å². The number of aryl methyl sites for hydroxylation is 2. The van der Waals surface area contributed by atoms with Crippen molar-refractivity contribution in [1.82, 2.24) is 14.5 Å². The molecular weight excluding hydrogens is 330 g/mol. The van der Waals surface area contributed by atoms with Crippen LogP contribution in [0, 0.1) is 13.8 Å². The van der Waals surface area contributed by atoms with Crippen molar-refractivity contribution >= 4 is 39.2 Å². The maximum atomic E-state index is 12.5. The normalized spacial score (nSPS) is 15.1. The summed E-state index contributed by atoms with van der Waals surface area (Å²) in [6.45, 7) is 5.71. The molecule has 23 heavy (non-hydrogen) atoms. The van der Waals surface area contributed by atoms with Gasteiger partial charge in [0.1, 0.15) is 4.83 Å². The summed E-state index contributed by atoms with van der Waals surface area (Å²) >= 11 is 3.18. The molecule has 0 radical (unpaired) electrons. The first-order valence-electron chi connectivity index (χ1n) is 7.86. The number of hydrogen-bond acceptors (Lipinski definition) is 5. The minimum Gasteiger partial charge on any atom is -0.343 e. The topological polar surface area (TPSA) is 55.2 Å². The highest BCUT2D eigenvalue weighted by Gasteiger charge is 2.19. The summed E-state index contributed by atoms with van der Waals surface area (Å²) in [5.74, 6) is 1.13. The van der Waals surface area contributed by atoms with Crippen molar-refractivity contribution in [3.8, 4) is 0 Å². The molecule has 7 heteroatoms. The summed E-state index contributed by atoms with van der Waals surface area (Å²) < 4.78 is 1.65. The zero-order valence-electron chi connectivity index (χ0n) is 13.7. The van der Waals surface area contributed by atoms with E-state index in [4.69, 9.17) is 0 Å². The average molecular weight is 351 g/mol. The Hall–Kier alpha value is -1.34. The number of nitrogens with zero attached hydrogens (tertiary/aromatic N) is 3. The summed E-state index contributed by atoms with van der Waals surface area (Å²) in [5.41, 5.74) is 1.08. The molecule has 0 atom stereocenters. The van der Waals surface area contributed by atoms with E-state index in [9.17, 15) is 9.59 Å². The highest BCUT2D eigenvalue weighted by atomic mass is 32.2. The molecule has 3 rings (SSSR count). The van der Waals surface area contributed by atoms with E-state index in [1.54, 1.807) is 34.7 Å². The predicted octanol–water partition coefficient (Wildman–Crippen LogP) is 2.72. The van der Waals surface area contributed by atoms with Crippen LogP contribution in [-0.2, 0) is 11.8 Å². The van der Waals surface area contributed by atoms with E-state index >= 15 is 0 Å². The molecule has 1 saturated heterocycles. The van der Waals surface area contributed by atoms with E-state index < -0.39 is 0 Å². The van der Waals surface area contributed by atoms with Gasteiger partial charge in [0.2, 0.25) is 5.91 Å². The van der Waals surface area contributed by atoms with Gasteiger partial charge in [0.15, 0.2) is 5.16 Å². The Morgan fingerprint density at radius 1 is 1.30 bits per heavy atom. The van der Waals surface area contributed by atoms with Gasteiger partial charge in [-0.1, -0.05) is 11.8 Å². The second-order valence-corrected chi connectivity index (χ2v) is 8.17. The molecule has 3 heterocycles. The molecule has 5 nitrogen and oxygen atoms in total. The van der Waals surface area contributed by atoms with Crippen LogP contribution in [-0.4, -0.2) is 39.2 Å². The summed E-state index contributed by atoms with van der Waals surface area (Å²) in [6, 6.07) is 0. The van der Waals surface area contributed by atoms with Crippen molar-refractivity contribution in [2.24, 2.45) is 7.05 Å². The molecule has 0 saturated carbocycles. The third kappa shape index (κ3) is 3.17. The molecule has 1 aliphatic heterocycles. The maximum absolute atomic E-state index is 12.5. The number of rotatable bonds is 5. The fourth-order valence-electron chi connectivity index (χ4n) is 2.84. The lowest BCUT2D eigenvalue weighted by Crippen LogP contribution is -2.26. The lowest BCUT2D eigenvalue weighted by Gasteiger charge is -2.15. The SMILES string of the molecule is Cc1sc2nc(SCCCN3CCCC3=O)n(C)c(=O)c2c1C. The van der Waals surface area contributed by atoms with Gasteiger partial charge in [-0.25, -0.2) is 4.98 Å². The van der Waals surface area contributed by atoms with Crippen molar-refractivity contribution in [2.75, 3.05) is 18.8 Å². The third-order valence-corrected chi connectivity index (χ3v) is 6.56. The minimum atomic E-state index is 0.0362. The molecule has 1 aliphatic rings. The summed E-state index contributed by atoms with van der Waals surface area (Å²) in [6.07, 6.45) is 2.60. The number of aromatic nitrogens is 2. The summed E-state index contributed by atoms with van der Waals surface area (Å²) in [7, 11) is 1.79. The van der Waals surface area contributed by atoms with Crippen molar-refractivity contribution < 1.29 is 4.79 Å². The van der Waals surface area contributed by atoms with Crippen LogP contribution < -0.4 is 5.56 Å². The molecule has 0 spiro atoms. The van der Waals surface area contributed by atoms with Crippen LogP contribution in [0.3, 0.4) is 0 Å². The van der Waals surface area contributed by atoms with E-state index in [0.717, 1.165) is 57.5 Å². The second kappa shape index (κ2) is 6.65. The van der Waals surface area contributed by atoms with E-state index in [1.807, 2.05) is 18.7 Å². The molecule has 0 N–H and O–H groups in total. The zero-order valence-corrected chi connectivity index (χ0v) is 15.4. The number of hydrogen-bond donors (Lipinski definition) is 0. The van der Waals surface area contributed by atoms with Crippen LogP contribution in [0.15, 0.2) is 9.95 Å². The number of thioether (sulfide) groups is 1. The number of carbonyl (C=O) groups excluding carboxylic acids is 1. The van der Waals surface area contributed by atoms with E-state index in [-0.39, 0.29) is 11.5 Å². The van der Waals surface area contributed by atoms with Crippen LogP contribution >= 0.6 is 23.1 Å². The Bertz CT molecular complexity index is 810. The fraction of sp³-hybridized carbons (Fsp3) is 0.562. The second-order valence-electron chi connectivity index (χ2n) is 5.91. The van der Waals surface area contributed by atoms with Crippen molar-refractivity contribution in [3.63, 3.8) is 0 Å². The quantitative estimate of drug-likeness (QED) is 0.472. The number of carbonyl (C=O) groups is 1. The first-order chi connectivity index (χ1) is 11.0. The number of thiophene rings is 1. The highest BCUT2D eigenvalue weighted by Crippen LogP contribution is 2.28. The summed E-state index contributed by atoms with van der Waals surface area (Å²) in [5, 5.41) is 1.51. The van der Waals surface area contributed by atoms with Gasteiger partial charge < -0.3 is 4.90 Å². The molecule has 1 fully saturated rings. The molecule has 1 amide bonds. The van der Waals surface area contributed by atoms with Gasteiger partial charge in [0, 0.05) is 37.2 Å². The van der Waals surface area contributed by atoms with Crippen LogP contribution in [0.4, 0.5) is 0 Å². The Morgan fingerprint density at radius 2 is 2.09 bits per heavy atom. The molecule has 0 bridgehead atoms. The first kappa shape index (κ1) is 16.5. The van der Waals surface area contributed by atoms with Gasteiger partial charge in [-0.3, -0.25) is 14.2 Å². The van der Waals surface area contributed by atoms with Gasteiger partial charge in [-0.2, -0.15) is 0 Å². The first-order valence-corrected chi connectivity index (χ1v) is 9.66. The molecule has 0 aliphatic carbocycles. The van der Waals surface area contributed by atoms with Crippen LogP contribution in [0.1, 0.15) is 29.7 Å². The Kier molecular flexibility index (Phi) is 4.77.